The lowest BCUT2D eigenvalue weighted by molar-refractivity contribution is 1.29. The van der Waals surface area contributed by atoms with Gasteiger partial charge in [0.15, 0.2) is 5.82 Å². The fraction of sp³-hybridized carbons (Fsp3) is 0.167. The Labute approximate surface area is 77.8 Å². The summed E-state index contributed by atoms with van der Waals surface area (Å²) in [6.45, 7) is 1.68. The van der Waals surface area contributed by atoms with Crippen LogP contribution >= 0.6 is 22.6 Å². The van der Waals surface area contributed by atoms with Gasteiger partial charge in [-0.3, -0.25) is 0 Å². The van der Waals surface area contributed by atoms with Gasteiger partial charge < -0.3 is 10.4 Å². The van der Waals surface area contributed by atoms with E-state index >= 15 is 0 Å². The minimum atomic E-state index is 0.420. The Kier molecular flexibility index (Phi) is 2.75. The van der Waals surface area contributed by atoms with Crippen LogP contribution in [0.4, 0.5) is 5.82 Å². The molecule has 0 fully saturated rings. The number of rotatable bonds is 2. The summed E-state index contributed by atoms with van der Waals surface area (Å²) in [5, 5.41) is 7.31. The van der Waals surface area contributed by atoms with Crippen molar-refractivity contribution in [1.82, 2.24) is 9.97 Å². The lowest BCUT2D eigenvalue weighted by Gasteiger charge is -1.91. The van der Waals surface area contributed by atoms with Crippen LogP contribution in [0.3, 0.4) is 0 Å². The molecule has 58 valence electrons. The first kappa shape index (κ1) is 8.38. The van der Waals surface area contributed by atoms with E-state index in [2.05, 4.69) is 15.0 Å². The maximum absolute atomic E-state index is 7.31. The Hall–Kier alpha value is -0.720. The molecule has 0 saturated heterocycles. The second-order valence-electron chi connectivity index (χ2n) is 1.95. The number of hydrogen-bond acceptors (Lipinski definition) is 3. The van der Waals surface area contributed by atoms with E-state index in [0.29, 0.717) is 17.2 Å². The average molecular weight is 262 g/mol. The molecule has 11 heavy (non-hydrogen) atoms. The van der Waals surface area contributed by atoms with E-state index in [9.17, 15) is 0 Å². The van der Waals surface area contributed by atoms with Crippen LogP contribution in [0.15, 0.2) is 11.3 Å². The summed E-state index contributed by atoms with van der Waals surface area (Å²) in [4.78, 5) is 10.8. The molecule has 0 aliphatic rings. The van der Waals surface area contributed by atoms with Gasteiger partial charge in [-0.1, -0.05) is 0 Å². The van der Waals surface area contributed by atoms with E-state index in [1.54, 1.807) is 11.1 Å². The molecule has 0 aliphatic heterocycles. The van der Waals surface area contributed by atoms with Crippen molar-refractivity contribution in [3.8, 4) is 0 Å². The maximum Gasteiger partial charge on any atom is 0.159 e. The molecule has 0 atom stereocenters. The van der Waals surface area contributed by atoms with Gasteiger partial charge in [-0.2, -0.15) is 0 Å². The molecule has 1 aromatic rings. The van der Waals surface area contributed by atoms with Crippen molar-refractivity contribution in [2.45, 2.75) is 6.92 Å². The Morgan fingerprint density at radius 1 is 1.91 bits per heavy atom. The van der Waals surface area contributed by atoms with Crippen molar-refractivity contribution in [2.24, 2.45) is 4.99 Å². The molecular weight excluding hydrogens is 255 g/mol. The smallest absolute Gasteiger partial charge is 0.159 e. The normalized spacial score (nSPS) is 10.7. The lowest BCUT2D eigenvalue weighted by Crippen LogP contribution is -1.91. The quantitative estimate of drug-likeness (QED) is 0.620. The van der Waals surface area contributed by atoms with Gasteiger partial charge in [-0.05, 0) is 29.5 Å². The van der Waals surface area contributed by atoms with E-state index in [4.69, 9.17) is 5.41 Å². The van der Waals surface area contributed by atoms with E-state index in [1.807, 2.05) is 22.6 Å². The molecule has 1 heterocycles. The van der Waals surface area contributed by atoms with Crippen LogP contribution in [0.25, 0.3) is 0 Å². The van der Waals surface area contributed by atoms with Gasteiger partial charge in [0.2, 0.25) is 0 Å². The number of H-pyrrole nitrogens is 1. The number of aliphatic imine (C=N–C) groups is 1. The first-order chi connectivity index (χ1) is 5.25. The van der Waals surface area contributed by atoms with E-state index < -0.39 is 0 Å². The van der Waals surface area contributed by atoms with E-state index in [-0.39, 0.29) is 0 Å². The maximum atomic E-state index is 7.31. The summed E-state index contributed by atoms with van der Waals surface area (Å²) in [6.07, 6.45) is 1.53. The summed E-state index contributed by atoms with van der Waals surface area (Å²) >= 11 is 2.02. The van der Waals surface area contributed by atoms with Crippen molar-refractivity contribution >= 4 is 38.3 Å². The first-order valence-corrected chi connectivity index (χ1v) is 4.22. The number of aromatic nitrogens is 2. The molecule has 0 aromatic carbocycles. The number of halogens is 1. The van der Waals surface area contributed by atoms with Crippen LogP contribution in [0.1, 0.15) is 12.6 Å². The average Bonchev–Trinajstić information content (AvgIpc) is 2.36. The third-order valence-corrected chi connectivity index (χ3v) is 1.43. The molecule has 0 bridgehead atoms. The van der Waals surface area contributed by atoms with Gasteiger partial charge in [0, 0.05) is 0 Å². The second-order valence-corrected chi connectivity index (χ2v) is 2.51. The Balaban J connectivity index is 3.05. The molecule has 0 radical (unpaired) electrons. The highest BCUT2D eigenvalue weighted by Crippen LogP contribution is 2.13. The Morgan fingerprint density at radius 2 is 2.64 bits per heavy atom. The first-order valence-electron chi connectivity index (χ1n) is 2.97. The summed E-state index contributed by atoms with van der Waals surface area (Å²) in [6, 6.07) is 0. The van der Waals surface area contributed by atoms with Crippen molar-refractivity contribution in [1.29, 1.82) is 5.41 Å². The standard InChI is InChI=1S/C6H7IN4/c1-4(8)5-6(9-2-7)11-3-10-5/h2-3,8H,1H3,(H,10,11)/b8-4?,9-2-. The number of nitrogens with zero attached hydrogens (tertiary/aromatic N) is 2. The van der Waals surface area contributed by atoms with Gasteiger partial charge in [0.05, 0.1) is 16.3 Å². The van der Waals surface area contributed by atoms with Crippen molar-refractivity contribution in [2.75, 3.05) is 0 Å². The second kappa shape index (κ2) is 3.61. The minimum absolute atomic E-state index is 0.420. The zero-order valence-electron chi connectivity index (χ0n) is 5.93. The molecule has 0 spiro atoms. The third kappa shape index (κ3) is 1.86. The summed E-state index contributed by atoms with van der Waals surface area (Å²) < 4.78 is 1.64. The SMILES string of the molecule is CC(=N)c1nc[nH]c1/N=C\I. The molecule has 0 amide bonds. The monoisotopic (exact) mass is 262 g/mol. The lowest BCUT2D eigenvalue weighted by atomic mass is 10.3. The zero-order chi connectivity index (χ0) is 8.27. The molecule has 0 aliphatic carbocycles. The van der Waals surface area contributed by atoms with Crippen LogP contribution in [0, 0.1) is 5.41 Å². The van der Waals surface area contributed by atoms with Gasteiger partial charge >= 0.3 is 0 Å². The van der Waals surface area contributed by atoms with Crippen molar-refractivity contribution < 1.29 is 0 Å². The Morgan fingerprint density at radius 3 is 3.18 bits per heavy atom. The highest BCUT2D eigenvalue weighted by Gasteiger charge is 2.04. The van der Waals surface area contributed by atoms with E-state index in [1.165, 1.54) is 6.33 Å². The third-order valence-electron chi connectivity index (χ3n) is 1.15. The predicted molar refractivity (Wildman–Crippen MR) is 53.3 cm³/mol. The highest BCUT2D eigenvalue weighted by molar-refractivity contribution is 14.1. The van der Waals surface area contributed by atoms with Crippen LogP contribution in [-0.2, 0) is 0 Å². The number of hydrogen-bond donors (Lipinski definition) is 2. The molecule has 1 aromatic heterocycles. The fourth-order valence-corrected chi connectivity index (χ4v) is 0.988. The Bertz CT molecular complexity index is 289. The number of nitrogens with one attached hydrogen (secondary N) is 2. The van der Waals surface area contributed by atoms with Gasteiger partial charge in [0.1, 0.15) is 5.69 Å². The molecule has 0 unspecified atom stereocenters. The highest BCUT2D eigenvalue weighted by atomic mass is 127. The predicted octanol–water partition coefficient (Wildman–Crippen LogP) is 1.89. The van der Waals surface area contributed by atoms with Gasteiger partial charge in [-0.15, -0.1) is 0 Å². The minimum Gasteiger partial charge on any atom is -0.329 e. The number of imidazole rings is 1. The van der Waals surface area contributed by atoms with Gasteiger partial charge in [-0.25, -0.2) is 9.98 Å². The van der Waals surface area contributed by atoms with Crippen molar-refractivity contribution in [3.63, 3.8) is 0 Å². The summed E-state index contributed by atoms with van der Waals surface area (Å²) in [5.74, 6) is 0.645. The topological polar surface area (TPSA) is 64.9 Å². The molecule has 2 N–H and O–H groups in total. The van der Waals surface area contributed by atoms with Gasteiger partial charge in [0.25, 0.3) is 0 Å². The van der Waals surface area contributed by atoms with Crippen LogP contribution in [0.2, 0.25) is 0 Å². The molecule has 0 saturated carbocycles. The van der Waals surface area contributed by atoms with Crippen LogP contribution in [0.5, 0.6) is 0 Å². The van der Waals surface area contributed by atoms with Crippen LogP contribution < -0.4 is 0 Å². The molecule has 4 nitrogen and oxygen atoms in total. The molecule has 1 rings (SSSR count). The molecule has 5 heteroatoms. The fourth-order valence-electron chi connectivity index (χ4n) is 0.709. The summed E-state index contributed by atoms with van der Waals surface area (Å²) in [5.41, 5.74) is 1.03. The summed E-state index contributed by atoms with van der Waals surface area (Å²) in [7, 11) is 0. The van der Waals surface area contributed by atoms with Crippen LogP contribution in [-0.4, -0.2) is 19.9 Å². The van der Waals surface area contributed by atoms with Crippen molar-refractivity contribution in [3.05, 3.63) is 12.0 Å². The zero-order valence-corrected chi connectivity index (χ0v) is 8.08. The molecular formula is C6H7IN4. The number of aromatic amines is 1. The largest absolute Gasteiger partial charge is 0.329 e. The van der Waals surface area contributed by atoms with E-state index in [0.717, 1.165) is 0 Å².